The lowest BCUT2D eigenvalue weighted by atomic mass is 9.52. The van der Waals surface area contributed by atoms with Crippen molar-refractivity contribution in [3.8, 4) is 22.4 Å². The van der Waals surface area contributed by atoms with Crippen LogP contribution in [0.5, 0.6) is 0 Å². The van der Waals surface area contributed by atoms with Crippen LogP contribution < -0.4 is 4.57 Å². The second-order valence-corrected chi connectivity index (χ2v) is 12.3. The Hall–Kier alpha value is -2.41. The molecule has 2 bridgehead atoms. The van der Waals surface area contributed by atoms with Crippen molar-refractivity contribution in [1.82, 2.24) is 0 Å². The van der Waals surface area contributed by atoms with Crippen molar-refractivity contribution in [2.45, 2.75) is 102 Å². The first-order valence-electron chi connectivity index (χ1n) is 13.6. The van der Waals surface area contributed by atoms with E-state index in [1.807, 2.05) is 0 Å². The third kappa shape index (κ3) is 2.82. The van der Waals surface area contributed by atoms with Crippen LogP contribution >= 0.6 is 0 Å². The average Bonchev–Trinajstić information content (AvgIpc) is 2.85. The minimum absolute atomic E-state index is 0.0705. The molecule has 4 aliphatic rings. The number of hydrogen-bond donors (Lipinski definition) is 0. The molecule has 3 aromatic rings. The molecule has 0 N–H and O–H groups in total. The van der Waals surface area contributed by atoms with Crippen molar-refractivity contribution in [2.75, 3.05) is 0 Å². The summed E-state index contributed by atoms with van der Waals surface area (Å²) in [5.41, 5.74) is 12.7. The number of fused-ring (bicyclic) bond motifs is 5. The van der Waals surface area contributed by atoms with Gasteiger partial charge in [0.1, 0.15) is 0 Å². The molecule has 7 rings (SSSR count). The Labute approximate surface area is 206 Å². The van der Waals surface area contributed by atoms with Crippen molar-refractivity contribution < 1.29 is 4.57 Å². The molecule has 0 saturated heterocycles. The molecule has 1 heteroatoms. The van der Waals surface area contributed by atoms with Crippen molar-refractivity contribution in [1.29, 1.82) is 0 Å². The van der Waals surface area contributed by atoms with Gasteiger partial charge in [0.15, 0.2) is 11.7 Å². The van der Waals surface area contributed by atoms with E-state index in [4.69, 9.17) is 0 Å². The molecule has 2 atom stereocenters. The molecule has 34 heavy (non-hydrogen) atoms. The smallest absolute Gasteiger partial charge is 0.192 e. The standard InChI is InChI=1S/C33H40N/c1-7-27-24-19-28-29(32(5)16-14-31(28,4)15-17-32)20-25(24)30-18-22(3)26(23-12-10-9-11-13-23)21-34(30)33(27,6)8-2/h9-13,18-21,27H,7-8,14-17H2,1-6H3/q+1. The summed E-state index contributed by atoms with van der Waals surface area (Å²) < 4.78 is 2.66. The van der Waals surface area contributed by atoms with Crippen LogP contribution in [0.25, 0.3) is 22.4 Å². The van der Waals surface area contributed by atoms with E-state index in [1.54, 1.807) is 16.7 Å². The summed E-state index contributed by atoms with van der Waals surface area (Å²) in [5.74, 6) is 0.526. The summed E-state index contributed by atoms with van der Waals surface area (Å²) in [5, 5.41) is 0. The van der Waals surface area contributed by atoms with Gasteiger partial charge in [-0.1, -0.05) is 64.1 Å². The second kappa shape index (κ2) is 7.30. The molecular formula is C33H40N+. The maximum Gasteiger partial charge on any atom is 0.213 e. The van der Waals surface area contributed by atoms with E-state index in [9.17, 15) is 0 Å². The summed E-state index contributed by atoms with van der Waals surface area (Å²) in [6, 6.07) is 18.7. The van der Waals surface area contributed by atoms with Crippen LogP contribution in [-0.4, -0.2) is 0 Å². The highest BCUT2D eigenvalue weighted by molar-refractivity contribution is 5.73. The fourth-order valence-electron chi connectivity index (χ4n) is 7.80. The highest BCUT2D eigenvalue weighted by Gasteiger charge is 2.52. The first-order valence-corrected chi connectivity index (χ1v) is 13.6. The SMILES string of the molecule is CCC1c2cc3c(cc2-c2cc(C)c(-c4ccccc4)c[n+]2C1(C)CC)C1(C)CCC3(C)CC1. The summed E-state index contributed by atoms with van der Waals surface area (Å²) in [7, 11) is 0. The predicted molar refractivity (Wildman–Crippen MR) is 142 cm³/mol. The first kappa shape index (κ1) is 22.1. The molecule has 2 unspecified atom stereocenters. The summed E-state index contributed by atoms with van der Waals surface area (Å²) >= 11 is 0. The predicted octanol–water partition coefficient (Wildman–Crippen LogP) is 8.35. The monoisotopic (exact) mass is 450 g/mol. The van der Waals surface area contributed by atoms with E-state index in [2.05, 4.69) is 101 Å². The highest BCUT2D eigenvalue weighted by atomic mass is 15.1. The first-order chi connectivity index (χ1) is 16.2. The van der Waals surface area contributed by atoms with Gasteiger partial charge in [0.05, 0.1) is 5.56 Å². The van der Waals surface area contributed by atoms with E-state index < -0.39 is 0 Å². The van der Waals surface area contributed by atoms with Crippen molar-refractivity contribution in [2.24, 2.45) is 0 Å². The number of pyridine rings is 1. The van der Waals surface area contributed by atoms with E-state index in [1.165, 1.54) is 60.1 Å². The van der Waals surface area contributed by atoms with E-state index in [0.717, 1.165) is 6.42 Å². The van der Waals surface area contributed by atoms with Crippen LogP contribution in [0.4, 0.5) is 0 Å². The Balaban J connectivity index is 1.66. The Kier molecular flexibility index (Phi) is 4.74. The molecule has 1 aromatic heterocycles. The fourth-order valence-corrected chi connectivity index (χ4v) is 7.80. The van der Waals surface area contributed by atoms with Crippen molar-refractivity contribution >= 4 is 0 Å². The van der Waals surface area contributed by atoms with Gasteiger partial charge >= 0.3 is 0 Å². The molecule has 2 aromatic carbocycles. The van der Waals surface area contributed by atoms with Crippen molar-refractivity contribution in [3.63, 3.8) is 0 Å². The molecule has 3 aliphatic carbocycles. The Morgan fingerprint density at radius 1 is 0.824 bits per heavy atom. The van der Waals surface area contributed by atoms with E-state index in [-0.39, 0.29) is 5.54 Å². The summed E-state index contributed by atoms with van der Waals surface area (Å²) in [6.45, 7) is 14.7. The summed E-state index contributed by atoms with van der Waals surface area (Å²) in [6.07, 6.45) is 10.2. The van der Waals surface area contributed by atoms with Crippen LogP contribution in [0.15, 0.2) is 54.7 Å². The maximum absolute atomic E-state index is 2.69. The quantitative estimate of drug-likeness (QED) is 0.353. The average molecular weight is 451 g/mol. The minimum atomic E-state index is 0.0705. The number of aromatic nitrogens is 1. The van der Waals surface area contributed by atoms with Crippen LogP contribution in [-0.2, 0) is 16.4 Å². The lowest BCUT2D eigenvalue weighted by Crippen LogP contribution is -2.61. The van der Waals surface area contributed by atoms with E-state index in [0.29, 0.717) is 16.7 Å². The molecule has 1 aliphatic heterocycles. The van der Waals surface area contributed by atoms with Crippen LogP contribution in [0.3, 0.4) is 0 Å². The number of hydrogen-bond acceptors (Lipinski definition) is 0. The lowest BCUT2D eigenvalue weighted by molar-refractivity contribution is -0.758. The Morgan fingerprint density at radius 3 is 2.03 bits per heavy atom. The molecule has 176 valence electrons. The zero-order valence-corrected chi connectivity index (χ0v) is 22.0. The molecule has 0 amide bonds. The topological polar surface area (TPSA) is 3.88 Å². The second-order valence-electron chi connectivity index (χ2n) is 12.3. The van der Waals surface area contributed by atoms with Gasteiger partial charge in [-0.25, -0.2) is 0 Å². The molecular weight excluding hydrogens is 410 g/mol. The third-order valence-corrected chi connectivity index (χ3v) is 10.4. The molecule has 1 saturated carbocycles. The maximum atomic E-state index is 2.69. The number of aryl methyl sites for hydroxylation is 1. The van der Waals surface area contributed by atoms with Gasteiger partial charge in [0.25, 0.3) is 0 Å². The highest BCUT2D eigenvalue weighted by Crippen LogP contribution is 2.58. The third-order valence-electron chi connectivity index (χ3n) is 10.4. The van der Waals surface area contributed by atoms with Crippen LogP contribution in [0.2, 0.25) is 0 Å². The lowest BCUT2D eigenvalue weighted by Gasteiger charge is -2.53. The Morgan fingerprint density at radius 2 is 1.44 bits per heavy atom. The number of nitrogens with zero attached hydrogens (tertiary/aromatic N) is 1. The zero-order chi connectivity index (χ0) is 23.9. The fraction of sp³-hybridized carbons (Fsp3) is 0.485. The normalized spacial score (nSPS) is 31.1. The number of benzene rings is 2. The number of rotatable bonds is 3. The molecule has 1 fully saturated rings. The molecule has 1 nitrogen and oxygen atoms in total. The van der Waals surface area contributed by atoms with Crippen LogP contribution in [0.1, 0.15) is 101 Å². The van der Waals surface area contributed by atoms with Gasteiger partial charge in [0, 0.05) is 30.9 Å². The largest absolute Gasteiger partial charge is 0.213 e. The van der Waals surface area contributed by atoms with Gasteiger partial charge in [-0.15, -0.1) is 0 Å². The molecule has 0 radical (unpaired) electrons. The molecule has 0 spiro atoms. The van der Waals surface area contributed by atoms with Crippen molar-refractivity contribution in [3.05, 3.63) is 77.0 Å². The van der Waals surface area contributed by atoms with Gasteiger partial charge in [0.2, 0.25) is 5.69 Å². The van der Waals surface area contributed by atoms with Gasteiger partial charge in [-0.05, 0) is 83.7 Å². The zero-order valence-electron chi connectivity index (χ0n) is 22.0. The van der Waals surface area contributed by atoms with Crippen LogP contribution in [0, 0.1) is 6.92 Å². The van der Waals surface area contributed by atoms with Gasteiger partial charge in [-0.3, -0.25) is 0 Å². The van der Waals surface area contributed by atoms with Gasteiger partial charge < -0.3 is 0 Å². The van der Waals surface area contributed by atoms with E-state index >= 15 is 0 Å². The molecule has 2 heterocycles. The summed E-state index contributed by atoms with van der Waals surface area (Å²) in [4.78, 5) is 0. The Bertz CT molecular complexity index is 1280. The minimum Gasteiger partial charge on any atom is -0.192 e. The van der Waals surface area contributed by atoms with Gasteiger partial charge in [-0.2, -0.15) is 4.57 Å².